The van der Waals surface area contributed by atoms with Crippen molar-refractivity contribution in [2.45, 2.75) is 31.0 Å². The first-order chi connectivity index (χ1) is 10.8. The van der Waals surface area contributed by atoms with E-state index in [1.807, 2.05) is 6.92 Å². The monoisotopic (exact) mass is 340 g/mol. The summed E-state index contributed by atoms with van der Waals surface area (Å²) < 4.78 is 39.1. The molecule has 1 aromatic carbocycles. The van der Waals surface area contributed by atoms with Crippen molar-refractivity contribution in [2.75, 3.05) is 6.61 Å². The molecule has 23 heavy (non-hydrogen) atoms. The average Bonchev–Trinajstić information content (AvgIpc) is 2.48. The summed E-state index contributed by atoms with van der Waals surface area (Å²) in [6.45, 7) is 2.52. The molecule has 1 aliphatic rings. The molecule has 1 aliphatic heterocycles. The van der Waals surface area contributed by atoms with Crippen molar-refractivity contribution in [3.63, 3.8) is 0 Å². The molecule has 0 amide bonds. The second-order valence-electron chi connectivity index (χ2n) is 4.96. The van der Waals surface area contributed by atoms with Crippen LogP contribution in [0, 0.1) is 6.92 Å². The van der Waals surface area contributed by atoms with Gasteiger partial charge in [-0.3, -0.25) is 13.8 Å². The Labute approximate surface area is 134 Å². The number of ketones is 1. The van der Waals surface area contributed by atoms with Gasteiger partial charge in [0.05, 0.1) is 11.2 Å². The molecule has 0 fully saturated rings. The second kappa shape index (κ2) is 6.93. The van der Waals surface area contributed by atoms with E-state index in [1.165, 1.54) is 12.1 Å². The van der Waals surface area contributed by atoms with E-state index in [0.29, 0.717) is 0 Å². The van der Waals surface area contributed by atoms with Crippen LogP contribution >= 0.6 is 0 Å². The number of hydrogen-bond acceptors (Lipinski definition) is 7. The van der Waals surface area contributed by atoms with Crippen LogP contribution in [0.2, 0.25) is 0 Å². The van der Waals surface area contributed by atoms with Crippen molar-refractivity contribution < 1.29 is 31.7 Å². The lowest BCUT2D eigenvalue weighted by Gasteiger charge is -2.26. The normalized spacial score (nSPS) is 20.9. The fraction of sp³-hybridized carbons (Fsp3) is 0.333. The number of carbonyl (C=O) groups is 2. The van der Waals surface area contributed by atoms with Gasteiger partial charge >= 0.3 is 5.97 Å². The molecule has 1 aromatic rings. The molecule has 0 saturated heterocycles. The zero-order valence-corrected chi connectivity index (χ0v) is 13.4. The number of aryl methyl sites for hydroxylation is 1. The molecule has 0 aliphatic carbocycles. The van der Waals surface area contributed by atoms with Crippen LogP contribution in [0.15, 0.2) is 41.5 Å². The molecule has 0 spiro atoms. The number of hydrogen-bond donors (Lipinski definition) is 0. The van der Waals surface area contributed by atoms with Gasteiger partial charge in [-0.2, -0.15) is 8.42 Å². The zero-order valence-electron chi connectivity index (χ0n) is 12.6. The van der Waals surface area contributed by atoms with Crippen molar-refractivity contribution in [3.8, 4) is 0 Å². The first-order valence-electron chi connectivity index (χ1n) is 6.79. The Morgan fingerprint density at radius 1 is 1.26 bits per heavy atom. The maximum atomic E-state index is 12.1. The van der Waals surface area contributed by atoms with Gasteiger partial charge in [-0.15, -0.1) is 0 Å². The van der Waals surface area contributed by atoms with E-state index < -0.39 is 40.7 Å². The third-order valence-corrected chi connectivity index (χ3v) is 4.39. The SMILES string of the molecule is CC(=O)O[C@H]1C(=O)C=CO[C@@H]1COS(=O)(=O)c1ccc(C)cc1. The maximum Gasteiger partial charge on any atom is 0.303 e. The average molecular weight is 340 g/mol. The number of carbonyl (C=O) groups excluding carboxylic acids is 2. The van der Waals surface area contributed by atoms with E-state index in [4.69, 9.17) is 13.7 Å². The Balaban J connectivity index is 2.08. The molecule has 124 valence electrons. The molecule has 0 N–H and O–H groups in total. The van der Waals surface area contributed by atoms with Crippen molar-refractivity contribution in [2.24, 2.45) is 0 Å². The van der Waals surface area contributed by atoms with Crippen LogP contribution in [-0.4, -0.2) is 39.0 Å². The van der Waals surface area contributed by atoms with Crippen molar-refractivity contribution in [1.82, 2.24) is 0 Å². The zero-order chi connectivity index (χ0) is 17.0. The Morgan fingerprint density at radius 3 is 2.52 bits per heavy atom. The number of esters is 1. The number of rotatable bonds is 5. The van der Waals surface area contributed by atoms with Crippen LogP contribution in [0.4, 0.5) is 0 Å². The summed E-state index contributed by atoms with van der Waals surface area (Å²) in [7, 11) is -4.00. The number of ether oxygens (including phenoxy) is 2. The number of benzene rings is 1. The minimum absolute atomic E-state index is 0.00943. The lowest BCUT2D eigenvalue weighted by molar-refractivity contribution is -0.161. The highest BCUT2D eigenvalue weighted by Gasteiger charge is 2.35. The van der Waals surface area contributed by atoms with Crippen LogP contribution < -0.4 is 0 Å². The molecule has 0 saturated carbocycles. The minimum Gasteiger partial charge on any atom is -0.491 e. The first kappa shape index (κ1) is 17.2. The van der Waals surface area contributed by atoms with Gasteiger partial charge < -0.3 is 9.47 Å². The van der Waals surface area contributed by atoms with Crippen molar-refractivity contribution >= 4 is 21.9 Å². The van der Waals surface area contributed by atoms with Gasteiger partial charge in [-0.1, -0.05) is 17.7 Å². The highest BCUT2D eigenvalue weighted by Crippen LogP contribution is 2.18. The third kappa shape index (κ3) is 4.40. The molecule has 2 rings (SSSR count). The van der Waals surface area contributed by atoms with Crippen LogP contribution in [-0.2, 0) is 33.4 Å². The van der Waals surface area contributed by atoms with Crippen LogP contribution in [0.5, 0.6) is 0 Å². The van der Waals surface area contributed by atoms with Gasteiger partial charge in [0.25, 0.3) is 10.1 Å². The molecule has 1 heterocycles. The fourth-order valence-electron chi connectivity index (χ4n) is 1.93. The van der Waals surface area contributed by atoms with E-state index in [2.05, 4.69) is 0 Å². The van der Waals surface area contributed by atoms with E-state index in [9.17, 15) is 18.0 Å². The van der Waals surface area contributed by atoms with E-state index in [0.717, 1.165) is 24.8 Å². The Hall–Kier alpha value is -2.19. The molecule has 0 radical (unpaired) electrons. The highest BCUT2D eigenvalue weighted by atomic mass is 32.2. The molecule has 0 aromatic heterocycles. The summed E-state index contributed by atoms with van der Waals surface area (Å²) in [5.41, 5.74) is 0.908. The van der Waals surface area contributed by atoms with E-state index in [1.54, 1.807) is 12.1 Å². The summed E-state index contributed by atoms with van der Waals surface area (Å²) in [5, 5.41) is 0. The summed E-state index contributed by atoms with van der Waals surface area (Å²) in [5.74, 6) is -1.17. The molecule has 8 heteroatoms. The Bertz CT molecular complexity index is 719. The Kier molecular flexibility index (Phi) is 5.17. The topological polar surface area (TPSA) is 96.0 Å². The fourth-order valence-corrected chi connectivity index (χ4v) is 2.84. The highest BCUT2D eigenvalue weighted by molar-refractivity contribution is 7.86. The maximum absolute atomic E-state index is 12.1. The largest absolute Gasteiger partial charge is 0.491 e. The standard InChI is InChI=1S/C15H16O7S/c1-10-3-5-12(6-4-10)23(18,19)21-9-14-15(22-11(2)16)13(17)7-8-20-14/h3-8,14-15H,9H2,1-2H3/t14-,15+/m1/s1. The quantitative estimate of drug-likeness (QED) is 0.585. The molecule has 0 bridgehead atoms. The third-order valence-electron chi connectivity index (χ3n) is 3.09. The summed E-state index contributed by atoms with van der Waals surface area (Å²) in [6, 6.07) is 6.12. The van der Waals surface area contributed by atoms with Crippen LogP contribution in [0.25, 0.3) is 0 Å². The van der Waals surface area contributed by atoms with Gasteiger partial charge in [-0.05, 0) is 19.1 Å². The van der Waals surface area contributed by atoms with Crippen LogP contribution in [0.1, 0.15) is 12.5 Å². The predicted molar refractivity (Wildman–Crippen MR) is 78.9 cm³/mol. The van der Waals surface area contributed by atoms with Crippen molar-refractivity contribution in [1.29, 1.82) is 0 Å². The Morgan fingerprint density at radius 2 is 1.91 bits per heavy atom. The predicted octanol–water partition coefficient (Wildman–Crippen LogP) is 1.11. The molecular weight excluding hydrogens is 324 g/mol. The lowest BCUT2D eigenvalue weighted by atomic mass is 10.1. The van der Waals surface area contributed by atoms with Gasteiger partial charge in [-0.25, -0.2) is 0 Å². The molecule has 2 atom stereocenters. The van der Waals surface area contributed by atoms with Gasteiger partial charge in [0, 0.05) is 13.0 Å². The smallest absolute Gasteiger partial charge is 0.303 e. The molecule has 7 nitrogen and oxygen atoms in total. The van der Waals surface area contributed by atoms with Gasteiger partial charge in [0.2, 0.25) is 11.9 Å². The summed E-state index contributed by atoms with van der Waals surface area (Å²) in [6.07, 6.45) is -0.0321. The lowest BCUT2D eigenvalue weighted by Crippen LogP contribution is -2.43. The van der Waals surface area contributed by atoms with Gasteiger partial charge in [0.15, 0.2) is 6.10 Å². The molecular formula is C15H16O7S. The summed E-state index contributed by atoms with van der Waals surface area (Å²) in [4.78, 5) is 22.8. The second-order valence-corrected chi connectivity index (χ2v) is 6.58. The van der Waals surface area contributed by atoms with E-state index in [-0.39, 0.29) is 4.90 Å². The van der Waals surface area contributed by atoms with Crippen LogP contribution in [0.3, 0.4) is 0 Å². The van der Waals surface area contributed by atoms with E-state index >= 15 is 0 Å². The van der Waals surface area contributed by atoms with Gasteiger partial charge in [0.1, 0.15) is 6.61 Å². The first-order valence-corrected chi connectivity index (χ1v) is 8.19. The minimum atomic E-state index is -4.00. The summed E-state index contributed by atoms with van der Waals surface area (Å²) >= 11 is 0. The molecule has 0 unspecified atom stereocenters. The van der Waals surface area contributed by atoms with Crippen molar-refractivity contribution in [3.05, 3.63) is 42.2 Å².